The maximum atomic E-state index is 12.6. The standard InChI is InChI=1S/C21H29NO3S/c1-3-5-7-8-9-14-18(23)22-20-19(21(24)25-15-6-4-2)16-12-10-11-13-17(16)26-20/h10-13H,3-9,14-15H2,1-2H3,(H,22,23). The average molecular weight is 376 g/mol. The van der Waals surface area contributed by atoms with Gasteiger partial charge in [-0.1, -0.05) is 64.2 Å². The van der Waals surface area contributed by atoms with Gasteiger partial charge in [-0.3, -0.25) is 4.79 Å². The van der Waals surface area contributed by atoms with Crippen LogP contribution in [0.25, 0.3) is 10.1 Å². The Bertz CT molecular complexity index is 723. The molecule has 142 valence electrons. The van der Waals surface area contributed by atoms with Gasteiger partial charge in [-0.15, -0.1) is 11.3 Å². The van der Waals surface area contributed by atoms with Crippen LogP contribution in [0.1, 0.15) is 75.6 Å². The highest BCUT2D eigenvalue weighted by Gasteiger charge is 2.21. The third-order valence-corrected chi connectivity index (χ3v) is 5.38. The van der Waals surface area contributed by atoms with Crippen molar-refractivity contribution in [2.45, 2.75) is 65.2 Å². The number of thiophene rings is 1. The fourth-order valence-corrected chi connectivity index (χ4v) is 3.90. The molecule has 26 heavy (non-hydrogen) atoms. The Morgan fingerprint density at radius 1 is 1.00 bits per heavy atom. The van der Waals surface area contributed by atoms with E-state index in [1.54, 1.807) is 0 Å². The molecular formula is C21H29NO3S. The zero-order valence-corrected chi connectivity index (χ0v) is 16.6. The Kier molecular flexibility index (Phi) is 8.62. The first-order valence-corrected chi connectivity index (χ1v) is 10.5. The molecule has 0 aliphatic heterocycles. The number of amides is 1. The summed E-state index contributed by atoms with van der Waals surface area (Å²) < 4.78 is 6.38. The monoisotopic (exact) mass is 375 g/mol. The van der Waals surface area contributed by atoms with Crippen LogP contribution in [0.5, 0.6) is 0 Å². The molecule has 0 saturated heterocycles. The zero-order chi connectivity index (χ0) is 18.8. The molecule has 1 heterocycles. The fraction of sp³-hybridized carbons (Fsp3) is 0.524. The average Bonchev–Trinajstić information content (AvgIpc) is 2.99. The van der Waals surface area contributed by atoms with E-state index in [4.69, 9.17) is 4.74 Å². The summed E-state index contributed by atoms with van der Waals surface area (Å²) in [6, 6.07) is 7.70. The Morgan fingerprint density at radius 3 is 2.50 bits per heavy atom. The summed E-state index contributed by atoms with van der Waals surface area (Å²) in [6.45, 7) is 4.64. The molecule has 2 aromatic rings. The van der Waals surface area contributed by atoms with E-state index in [2.05, 4.69) is 19.2 Å². The molecule has 0 atom stereocenters. The quantitative estimate of drug-likeness (QED) is 0.378. The van der Waals surface area contributed by atoms with Crippen LogP contribution in [-0.2, 0) is 9.53 Å². The van der Waals surface area contributed by atoms with Gasteiger partial charge in [0.15, 0.2) is 0 Å². The van der Waals surface area contributed by atoms with Crippen LogP contribution in [0, 0.1) is 0 Å². The van der Waals surface area contributed by atoms with E-state index >= 15 is 0 Å². The molecule has 0 fully saturated rings. The fourth-order valence-electron chi connectivity index (χ4n) is 2.80. The predicted octanol–water partition coefficient (Wildman–Crippen LogP) is 6.16. The van der Waals surface area contributed by atoms with Crippen molar-refractivity contribution < 1.29 is 14.3 Å². The minimum Gasteiger partial charge on any atom is -0.462 e. The summed E-state index contributed by atoms with van der Waals surface area (Å²) in [5.74, 6) is -0.384. The van der Waals surface area contributed by atoms with Gasteiger partial charge >= 0.3 is 5.97 Å². The highest BCUT2D eigenvalue weighted by molar-refractivity contribution is 7.23. The summed E-state index contributed by atoms with van der Waals surface area (Å²) in [7, 11) is 0. The van der Waals surface area contributed by atoms with Crippen LogP contribution >= 0.6 is 11.3 Å². The van der Waals surface area contributed by atoms with Crippen molar-refractivity contribution in [3.8, 4) is 0 Å². The molecule has 1 N–H and O–H groups in total. The number of unbranched alkanes of at least 4 members (excludes halogenated alkanes) is 5. The van der Waals surface area contributed by atoms with Gasteiger partial charge in [-0.25, -0.2) is 4.79 Å². The molecule has 0 unspecified atom stereocenters. The second kappa shape index (κ2) is 11.0. The lowest BCUT2D eigenvalue weighted by atomic mass is 10.1. The summed E-state index contributed by atoms with van der Waals surface area (Å²) in [6.07, 6.45) is 7.83. The summed E-state index contributed by atoms with van der Waals surface area (Å²) in [5.41, 5.74) is 0.487. The predicted molar refractivity (Wildman–Crippen MR) is 109 cm³/mol. The first-order chi connectivity index (χ1) is 12.7. The van der Waals surface area contributed by atoms with E-state index in [-0.39, 0.29) is 11.9 Å². The van der Waals surface area contributed by atoms with Crippen molar-refractivity contribution >= 4 is 38.3 Å². The van der Waals surface area contributed by atoms with Crippen molar-refractivity contribution in [3.05, 3.63) is 29.8 Å². The Balaban J connectivity index is 2.07. The first kappa shape index (κ1) is 20.4. The molecule has 0 bridgehead atoms. The number of ether oxygens (including phenoxy) is 1. The molecular weight excluding hydrogens is 346 g/mol. The first-order valence-electron chi connectivity index (χ1n) is 9.65. The van der Waals surface area contributed by atoms with Gasteiger partial charge in [0.05, 0.1) is 6.61 Å². The van der Waals surface area contributed by atoms with Crippen LogP contribution in [0.2, 0.25) is 0 Å². The molecule has 4 nitrogen and oxygen atoms in total. The summed E-state index contributed by atoms with van der Waals surface area (Å²) in [5, 5.41) is 4.39. The van der Waals surface area contributed by atoms with Gasteiger partial charge < -0.3 is 10.1 Å². The molecule has 0 aliphatic rings. The Morgan fingerprint density at radius 2 is 1.73 bits per heavy atom. The number of hydrogen-bond acceptors (Lipinski definition) is 4. The number of nitrogens with one attached hydrogen (secondary N) is 1. The van der Waals surface area contributed by atoms with E-state index in [1.165, 1.54) is 30.6 Å². The Labute approximate surface area is 159 Å². The second-order valence-electron chi connectivity index (χ2n) is 6.50. The number of anilines is 1. The molecule has 2 rings (SSSR count). The highest BCUT2D eigenvalue weighted by Crippen LogP contribution is 2.36. The maximum absolute atomic E-state index is 12.6. The van der Waals surface area contributed by atoms with Crippen LogP contribution in [0.4, 0.5) is 5.00 Å². The molecule has 5 heteroatoms. The van der Waals surface area contributed by atoms with Gasteiger partial charge in [0.1, 0.15) is 10.6 Å². The number of carbonyl (C=O) groups is 2. The smallest absolute Gasteiger partial charge is 0.341 e. The molecule has 0 saturated carbocycles. The molecule has 1 aromatic heterocycles. The van der Waals surface area contributed by atoms with E-state index in [9.17, 15) is 9.59 Å². The maximum Gasteiger partial charge on any atom is 0.341 e. The van der Waals surface area contributed by atoms with E-state index < -0.39 is 0 Å². The van der Waals surface area contributed by atoms with Gasteiger partial charge in [0.2, 0.25) is 5.91 Å². The van der Waals surface area contributed by atoms with Gasteiger partial charge in [0.25, 0.3) is 0 Å². The number of carbonyl (C=O) groups excluding carboxylic acids is 2. The number of benzene rings is 1. The molecule has 0 spiro atoms. The number of hydrogen-bond donors (Lipinski definition) is 1. The Hall–Kier alpha value is -1.88. The van der Waals surface area contributed by atoms with Gasteiger partial charge in [-0.2, -0.15) is 0 Å². The van der Waals surface area contributed by atoms with Gasteiger partial charge in [-0.05, 0) is 18.9 Å². The van der Waals surface area contributed by atoms with E-state index in [0.29, 0.717) is 23.6 Å². The summed E-state index contributed by atoms with van der Waals surface area (Å²) in [4.78, 5) is 24.9. The normalized spacial score (nSPS) is 10.8. The summed E-state index contributed by atoms with van der Waals surface area (Å²) >= 11 is 1.43. The van der Waals surface area contributed by atoms with Crippen LogP contribution in [0.15, 0.2) is 24.3 Å². The van der Waals surface area contributed by atoms with Crippen molar-refractivity contribution in [3.63, 3.8) is 0 Å². The second-order valence-corrected chi connectivity index (χ2v) is 7.56. The van der Waals surface area contributed by atoms with Crippen molar-refractivity contribution in [1.82, 2.24) is 0 Å². The SMILES string of the molecule is CCCCCCCC(=O)Nc1sc2ccccc2c1C(=O)OCCCC. The van der Waals surface area contributed by atoms with E-state index in [0.717, 1.165) is 35.8 Å². The van der Waals surface area contributed by atoms with Crippen LogP contribution < -0.4 is 5.32 Å². The van der Waals surface area contributed by atoms with Crippen LogP contribution in [0.3, 0.4) is 0 Å². The molecule has 0 aliphatic carbocycles. The van der Waals surface area contributed by atoms with Crippen LogP contribution in [-0.4, -0.2) is 18.5 Å². The lowest BCUT2D eigenvalue weighted by Gasteiger charge is -2.07. The largest absolute Gasteiger partial charge is 0.462 e. The minimum absolute atomic E-state index is 0.0318. The topological polar surface area (TPSA) is 55.4 Å². The molecule has 0 radical (unpaired) electrons. The number of fused-ring (bicyclic) bond motifs is 1. The third-order valence-electron chi connectivity index (χ3n) is 4.29. The highest BCUT2D eigenvalue weighted by atomic mass is 32.1. The van der Waals surface area contributed by atoms with Crippen molar-refractivity contribution in [2.75, 3.05) is 11.9 Å². The minimum atomic E-state index is -0.353. The third kappa shape index (κ3) is 5.84. The zero-order valence-electron chi connectivity index (χ0n) is 15.8. The molecule has 1 aromatic carbocycles. The van der Waals surface area contributed by atoms with Crippen molar-refractivity contribution in [1.29, 1.82) is 0 Å². The van der Waals surface area contributed by atoms with E-state index in [1.807, 2.05) is 24.3 Å². The lowest BCUT2D eigenvalue weighted by molar-refractivity contribution is -0.116. The number of rotatable bonds is 11. The van der Waals surface area contributed by atoms with Gasteiger partial charge in [0, 0.05) is 16.5 Å². The molecule has 1 amide bonds. The number of esters is 1. The van der Waals surface area contributed by atoms with Crippen molar-refractivity contribution in [2.24, 2.45) is 0 Å². The lowest BCUT2D eigenvalue weighted by Crippen LogP contribution is -2.14.